The molecule has 2 heterocycles. The van der Waals surface area contributed by atoms with E-state index in [-0.39, 0.29) is 11.5 Å². The first kappa shape index (κ1) is 20.2. The molecular formula is C19H24N4O4S. The van der Waals surface area contributed by atoms with Gasteiger partial charge in [-0.25, -0.2) is 17.7 Å². The Bertz CT molecular complexity index is 985. The minimum Gasteiger partial charge on any atom is -0.352 e. The van der Waals surface area contributed by atoms with Crippen molar-refractivity contribution in [2.75, 3.05) is 25.9 Å². The Morgan fingerprint density at radius 1 is 1.32 bits per heavy atom. The SMILES string of the molecule is CS(=O)(=O)N1CCC(Cc2ccc(C(=O)NCCc3cc(=O)[nH]cn3)cc2)C1. The van der Waals surface area contributed by atoms with E-state index in [2.05, 4.69) is 15.3 Å². The lowest BCUT2D eigenvalue weighted by Crippen LogP contribution is -2.27. The molecule has 0 bridgehead atoms. The van der Waals surface area contributed by atoms with E-state index in [1.807, 2.05) is 12.1 Å². The summed E-state index contributed by atoms with van der Waals surface area (Å²) >= 11 is 0. The highest BCUT2D eigenvalue weighted by Crippen LogP contribution is 2.22. The lowest BCUT2D eigenvalue weighted by atomic mass is 9.98. The molecule has 1 atom stereocenters. The number of nitrogens with one attached hydrogen (secondary N) is 2. The monoisotopic (exact) mass is 404 g/mol. The van der Waals surface area contributed by atoms with Gasteiger partial charge in [0.1, 0.15) is 0 Å². The minimum atomic E-state index is -3.12. The van der Waals surface area contributed by atoms with E-state index in [1.54, 1.807) is 12.1 Å². The fourth-order valence-corrected chi connectivity index (χ4v) is 4.26. The summed E-state index contributed by atoms with van der Waals surface area (Å²) in [6, 6.07) is 8.79. The Kier molecular flexibility index (Phi) is 6.25. The summed E-state index contributed by atoms with van der Waals surface area (Å²) in [7, 11) is -3.12. The van der Waals surface area contributed by atoms with E-state index in [0.717, 1.165) is 18.4 Å². The van der Waals surface area contributed by atoms with Gasteiger partial charge in [-0.1, -0.05) is 12.1 Å². The van der Waals surface area contributed by atoms with Crippen molar-refractivity contribution < 1.29 is 13.2 Å². The number of hydrogen-bond acceptors (Lipinski definition) is 5. The highest BCUT2D eigenvalue weighted by atomic mass is 32.2. The number of carbonyl (C=O) groups excluding carboxylic acids is 1. The van der Waals surface area contributed by atoms with E-state index >= 15 is 0 Å². The molecule has 1 fully saturated rings. The zero-order chi connectivity index (χ0) is 20.1. The van der Waals surface area contributed by atoms with Gasteiger partial charge >= 0.3 is 0 Å². The van der Waals surface area contributed by atoms with Crippen LogP contribution in [-0.2, 0) is 22.9 Å². The summed E-state index contributed by atoms with van der Waals surface area (Å²) in [6.07, 6.45) is 4.71. The summed E-state index contributed by atoms with van der Waals surface area (Å²) < 4.78 is 24.7. The van der Waals surface area contributed by atoms with Crippen molar-refractivity contribution in [1.29, 1.82) is 0 Å². The Labute approximate surface area is 164 Å². The molecular weight excluding hydrogens is 380 g/mol. The number of aromatic amines is 1. The zero-order valence-electron chi connectivity index (χ0n) is 15.7. The van der Waals surface area contributed by atoms with Gasteiger partial charge in [-0.2, -0.15) is 0 Å². The molecule has 9 heteroatoms. The molecule has 3 rings (SSSR count). The molecule has 2 aromatic rings. The van der Waals surface area contributed by atoms with Crippen LogP contribution in [0.1, 0.15) is 28.0 Å². The van der Waals surface area contributed by atoms with E-state index in [4.69, 9.17) is 0 Å². The van der Waals surface area contributed by atoms with E-state index in [1.165, 1.54) is 23.0 Å². The topological polar surface area (TPSA) is 112 Å². The van der Waals surface area contributed by atoms with Gasteiger partial charge < -0.3 is 10.3 Å². The summed E-state index contributed by atoms with van der Waals surface area (Å²) in [5, 5.41) is 2.82. The number of amides is 1. The maximum atomic E-state index is 12.2. The van der Waals surface area contributed by atoms with Gasteiger partial charge in [0, 0.05) is 43.4 Å². The van der Waals surface area contributed by atoms with Crippen LogP contribution < -0.4 is 10.9 Å². The van der Waals surface area contributed by atoms with Crippen molar-refractivity contribution in [2.24, 2.45) is 5.92 Å². The average molecular weight is 404 g/mol. The van der Waals surface area contributed by atoms with Crippen LogP contribution in [0.3, 0.4) is 0 Å². The van der Waals surface area contributed by atoms with Gasteiger partial charge in [-0.15, -0.1) is 0 Å². The van der Waals surface area contributed by atoms with Crippen LogP contribution >= 0.6 is 0 Å². The second-order valence-electron chi connectivity index (χ2n) is 7.09. The van der Waals surface area contributed by atoms with Gasteiger partial charge in [0.15, 0.2) is 0 Å². The number of rotatable bonds is 7. The van der Waals surface area contributed by atoms with Crippen molar-refractivity contribution >= 4 is 15.9 Å². The summed E-state index contributed by atoms with van der Waals surface area (Å²) in [4.78, 5) is 29.9. The number of H-pyrrole nitrogens is 1. The zero-order valence-corrected chi connectivity index (χ0v) is 16.5. The van der Waals surface area contributed by atoms with Crippen LogP contribution in [0.25, 0.3) is 0 Å². The summed E-state index contributed by atoms with van der Waals surface area (Å²) in [5.74, 6) is 0.122. The molecule has 28 heavy (non-hydrogen) atoms. The molecule has 2 N–H and O–H groups in total. The van der Waals surface area contributed by atoms with Gasteiger partial charge in [0.25, 0.3) is 11.5 Å². The fraction of sp³-hybridized carbons (Fsp3) is 0.421. The number of nitrogens with zero attached hydrogens (tertiary/aromatic N) is 2. The third-order valence-corrected chi connectivity index (χ3v) is 6.13. The number of hydrogen-bond donors (Lipinski definition) is 2. The summed E-state index contributed by atoms with van der Waals surface area (Å²) in [5.41, 5.74) is 2.06. The van der Waals surface area contributed by atoms with Crippen LogP contribution in [0.4, 0.5) is 0 Å². The number of benzene rings is 1. The van der Waals surface area contributed by atoms with Gasteiger partial charge in [0.05, 0.1) is 12.6 Å². The second kappa shape index (κ2) is 8.66. The van der Waals surface area contributed by atoms with Crippen LogP contribution in [0, 0.1) is 5.92 Å². The largest absolute Gasteiger partial charge is 0.352 e. The van der Waals surface area contributed by atoms with E-state index in [9.17, 15) is 18.0 Å². The molecule has 1 aromatic carbocycles. The first-order valence-electron chi connectivity index (χ1n) is 9.17. The van der Waals surface area contributed by atoms with Crippen molar-refractivity contribution in [3.05, 3.63) is 63.8 Å². The lowest BCUT2D eigenvalue weighted by molar-refractivity contribution is 0.0954. The van der Waals surface area contributed by atoms with Crippen molar-refractivity contribution in [3.8, 4) is 0 Å². The number of sulfonamides is 1. The Morgan fingerprint density at radius 2 is 2.07 bits per heavy atom. The second-order valence-corrected chi connectivity index (χ2v) is 9.07. The molecule has 0 radical (unpaired) electrons. The predicted molar refractivity (Wildman–Crippen MR) is 106 cm³/mol. The highest BCUT2D eigenvalue weighted by Gasteiger charge is 2.28. The Balaban J connectivity index is 1.48. The van der Waals surface area contributed by atoms with Crippen molar-refractivity contribution in [2.45, 2.75) is 19.3 Å². The van der Waals surface area contributed by atoms with E-state index < -0.39 is 10.0 Å². The van der Waals surface area contributed by atoms with Crippen molar-refractivity contribution in [3.63, 3.8) is 0 Å². The molecule has 0 saturated carbocycles. The maximum Gasteiger partial charge on any atom is 0.251 e. The molecule has 0 aliphatic carbocycles. The molecule has 1 unspecified atom stereocenters. The first-order valence-corrected chi connectivity index (χ1v) is 11.0. The minimum absolute atomic E-state index is 0.180. The quantitative estimate of drug-likeness (QED) is 0.701. The average Bonchev–Trinajstić information content (AvgIpc) is 3.11. The Hall–Kier alpha value is -2.52. The smallest absolute Gasteiger partial charge is 0.251 e. The molecule has 0 spiro atoms. The third kappa shape index (κ3) is 5.49. The van der Waals surface area contributed by atoms with Crippen LogP contribution in [0.5, 0.6) is 0 Å². The van der Waals surface area contributed by atoms with Crippen LogP contribution in [-0.4, -0.2) is 54.5 Å². The Morgan fingerprint density at radius 3 is 2.71 bits per heavy atom. The highest BCUT2D eigenvalue weighted by molar-refractivity contribution is 7.88. The van der Waals surface area contributed by atoms with Crippen LogP contribution in [0.2, 0.25) is 0 Å². The molecule has 8 nitrogen and oxygen atoms in total. The number of carbonyl (C=O) groups is 1. The molecule has 150 valence electrons. The van der Waals surface area contributed by atoms with Gasteiger partial charge in [-0.05, 0) is 36.5 Å². The van der Waals surface area contributed by atoms with E-state index in [0.29, 0.717) is 43.2 Å². The molecule has 1 saturated heterocycles. The first-order chi connectivity index (χ1) is 13.3. The standard InChI is InChI=1S/C19H24N4O4S/c1-28(26,27)23-9-7-15(12-23)10-14-2-4-16(5-3-14)19(25)20-8-6-17-11-18(24)22-13-21-17/h2-5,11,13,15H,6-10,12H2,1H3,(H,20,25)(H,21,22,24). The summed E-state index contributed by atoms with van der Waals surface area (Å²) in [6.45, 7) is 1.52. The van der Waals surface area contributed by atoms with Gasteiger partial charge in [0.2, 0.25) is 10.0 Å². The molecule has 1 amide bonds. The molecule has 1 aromatic heterocycles. The van der Waals surface area contributed by atoms with Crippen LogP contribution in [0.15, 0.2) is 41.5 Å². The lowest BCUT2D eigenvalue weighted by Gasteiger charge is -2.13. The normalized spacial score (nSPS) is 17.5. The third-order valence-electron chi connectivity index (χ3n) is 4.86. The predicted octanol–water partition coefficient (Wildman–Crippen LogP) is 0.566. The van der Waals surface area contributed by atoms with Gasteiger partial charge in [-0.3, -0.25) is 9.59 Å². The molecule has 1 aliphatic heterocycles. The van der Waals surface area contributed by atoms with Crippen molar-refractivity contribution in [1.82, 2.24) is 19.6 Å². The number of aromatic nitrogens is 2. The molecule has 1 aliphatic rings. The fourth-order valence-electron chi connectivity index (χ4n) is 3.34. The maximum absolute atomic E-state index is 12.2.